The Morgan fingerprint density at radius 1 is 0.392 bits per heavy atom. The van der Waals surface area contributed by atoms with Crippen LogP contribution in [-0.4, -0.2) is 142 Å². The number of halogens is 1. The van der Waals surface area contributed by atoms with E-state index in [9.17, 15) is 67.4 Å². The number of carbonyl (C=O) groups excluding carboxylic acids is 13. The van der Waals surface area contributed by atoms with Gasteiger partial charge in [0.15, 0.2) is 39.8 Å². The van der Waals surface area contributed by atoms with E-state index in [1.54, 1.807) is 83.1 Å². The maximum absolute atomic E-state index is 13.5. The molecule has 4 rings (SSSR count). The lowest BCUT2D eigenvalue weighted by atomic mass is 9.74. The van der Waals surface area contributed by atoms with Crippen LogP contribution >= 0.6 is 11.6 Å². The lowest BCUT2D eigenvalue weighted by Crippen LogP contribution is -2.51. The highest BCUT2D eigenvalue weighted by Gasteiger charge is 2.49. The standard InChI is InChI=1S/C27H44O5Si.C25H42O4Si.C19H28O4.C11H14O2.C8H14O2.C5H10O.C3H5ClO.C3H6O.CH4/c1-19(17-31-18-22-14-12-11-13-15-22)24(32-33(9,10)26(4,5)6)21(3)25(30)27(7,8)23(29)16-20(2)28;1-18(16-28-17-21-14-12-11-13-15-21)22(29-30(9,10)24(4,5)6)19(2)23(27)25(7,8)20(3)26;1-13(11-23-12-16-9-7-6-8-10-16)17(21)14(2)18(22)19(4,5)15(3)20;1-10(7-12)8-13-9-11-5-3-2-4-6-11;1-5-7(10)8(3,4)6(2)9;1-4(2)5(3)6;1-2-3(4)5;1-3(2)4;/h11-15,19,21,24H,16-18H2,1-10H3;11-15,18-19,22H,16-17H2,1-10H3;6-10,13-14,17,21H,11-12H2,1-5H3;2-7,10H,8-9H2,1H3;5H2,1-4H3;4H,1-3H3;2H2,1H3;1-2H3;1H4/t19-,21+,24-;18-,19+,22-;13-,14+,17-;10-;;;;;/m0001...../s1. The summed E-state index contributed by atoms with van der Waals surface area (Å²) in [6.45, 7) is 69.8. The number of aldehydes is 1. The average molecular weight is 1810 g/mol. The first-order valence-corrected chi connectivity index (χ1v) is 49.7. The minimum atomic E-state index is -2.20. The summed E-state index contributed by atoms with van der Waals surface area (Å²) in [6, 6.07) is 39.7. The number of benzene rings is 4. The number of aliphatic hydroxyl groups excluding tert-OH is 1. The largest absolute Gasteiger partial charge is 0.413 e. The Bertz CT molecular complexity index is 3830. The van der Waals surface area contributed by atoms with Gasteiger partial charge in [0.1, 0.15) is 46.8 Å². The number of hydrogen-bond donors (Lipinski definition) is 1. The SMILES string of the molecule is C.CC(=O)C(C)(C)C(=O)[C@H](C)[C@@H](O)[C@@H](C)COCc1ccccc1.CC(=O)C(C)(C)C(=O)[C@H](C)[C@@H](O[Si](C)(C)C(C)(C)C)[C@@H](C)COCc1ccccc1.CC(=O)C(C)C.CC(=O)CC(=O)C(C)(C)C(=O)[C@H](C)[C@@H](O[Si](C)(C)C(C)(C)C)[C@@H](C)COCc1ccccc1.CC(C)=O.CCC(=O)C(C)(C)C(C)=O.CCC(=O)Cl.C[C@H](C=O)COCc1ccccc1. The highest BCUT2D eigenvalue weighted by Crippen LogP contribution is 2.42. The normalized spacial score (nSPS) is 14.0. The molecular formula is C102H167ClO20Si2. The minimum absolute atomic E-state index is 0. The Labute approximate surface area is 762 Å². The van der Waals surface area contributed by atoms with Gasteiger partial charge in [-0.15, -0.1) is 0 Å². The fraction of sp³-hybridized carbons (Fsp3) is 0.637. The third-order valence-electron chi connectivity index (χ3n) is 22.8. The zero-order valence-electron chi connectivity index (χ0n) is 82.8. The Hall–Kier alpha value is -6.97. The van der Waals surface area contributed by atoms with Gasteiger partial charge in [-0.1, -0.05) is 246 Å². The van der Waals surface area contributed by atoms with E-state index in [2.05, 4.69) is 74.7 Å². The molecule has 0 heterocycles. The van der Waals surface area contributed by atoms with E-state index in [-0.39, 0.29) is 128 Å². The van der Waals surface area contributed by atoms with Crippen molar-refractivity contribution in [2.24, 2.45) is 69.0 Å². The summed E-state index contributed by atoms with van der Waals surface area (Å²) in [5.74, 6) is -2.51. The molecule has 125 heavy (non-hydrogen) atoms. The lowest BCUT2D eigenvalue weighted by molar-refractivity contribution is -0.146. The van der Waals surface area contributed by atoms with Crippen LogP contribution in [0.4, 0.5) is 0 Å². The number of ether oxygens (including phenoxy) is 4. The summed E-state index contributed by atoms with van der Waals surface area (Å²) in [5, 5.41) is 10.1. The predicted molar refractivity (Wildman–Crippen MR) is 512 cm³/mol. The summed E-state index contributed by atoms with van der Waals surface area (Å²) in [7, 11) is -4.32. The zero-order chi connectivity index (χ0) is 97.5. The molecule has 0 aliphatic rings. The molecule has 0 saturated carbocycles. The first kappa shape index (κ1) is 127. The summed E-state index contributed by atoms with van der Waals surface area (Å²) in [4.78, 5) is 148. The van der Waals surface area contributed by atoms with Gasteiger partial charge in [0, 0.05) is 60.2 Å². The van der Waals surface area contributed by atoms with Crippen molar-refractivity contribution in [1.82, 2.24) is 0 Å². The van der Waals surface area contributed by atoms with E-state index >= 15 is 0 Å². The number of hydrogen-bond acceptors (Lipinski definition) is 20. The monoisotopic (exact) mass is 1800 g/mol. The molecule has 4 aromatic carbocycles. The quantitative estimate of drug-likeness (QED) is 0.0186. The van der Waals surface area contributed by atoms with Gasteiger partial charge < -0.3 is 42.5 Å². The van der Waals surface area contributed by atoms with Gasteiger partial charge in [-0.2, -0.15) is 0 Å². The first-order valence-electron chi connectivity index (χ1n) is 43.5. The molecule has 0 fully saturated rings. The van der Waals surface area contributed by atoms with E-state index in [0.717, 1.165) is 28.5 Å². The van der Waals surface area contributed by atoms with Crippen molar-refractivity contribution in [2.45, 2.75) is 329 Å². The number of ketones is 11. The molecule has 0 aliphatic heterocycles. The maximum Gasteiger partial charge on any atom is 0.221 e. The van der Waals surface area contributed by atoms with Crippen LogP contribution in [0.5, 0.6) is 0 Å². The molecule has 0 aliphatic carbocycles. The van der Waals surface area contributed by atoms with Crippen LogP contribution in [0.1, 0.15) is 271 Å². The fourth-order valence-electron chi connectivity index (χ4n) is 10.8. The maximum atomic E-state index is 13.5. The van der Waals surface area contributed by atoms with Crippen LogP contribution in [0, 0.1) is 69.0 Å². The van der Waals surface area contributed by atoms with Gasteiger partial charge in [0.2, 0.25) is 5.24 Å². The Balaban J connectivity index is -0.000000478. The highest BCUT2D eigenvalue weighted by atomic mass is 35.5. The summed E-state index contributed by atoms with van der Waals surface area (Å²) in [5.41, 5.74) is 0.320. The van der Waals surface area contributed by atoms with Gasteiger partial charge in [-0.05, 0) is 174 Å². The molecule has 0 unspecified atom stereocenters. The lowest BCUT2D eigenvalue weighted by Gasteiger charge is -2.43. The van der Waals surface area contributed by atoms with Crippen molar-refractivity contribution < 1.29 is 95.2 Å². The third kappa shape index (κ3) is 50.5. The second-order valence-electron chi connectivity index (χ2n) is 38.3. The van der Waals surface area contributed by atoms with Gasteiger partial charge in [-0.3, -0.25) is 52.7 Å². The van der Waals surface area contributed by atoms with Gasteiger partial charge in [0.05, 0.1) is 99.2 Å². The van der Waals surface area contributed by atoms with Crippen molar-refractivity contribution >= 4 is 103 Å². The van der Waals surface area contributed by atoms with Gasteiger partial charge >= 0.3 is 0 Å². The van der Waals surface area contributed by atoms with Crippen LogP contribution in [-0.2, 0) is 117 Å². The number of carbonyl (C=O) groups is 13. The molecule has 0 saturated heterocycles. The van der Waals surface area contributed by atoms with Crippen LogP contribution < -0.4 is 0 Å². The summed E-state index contributed by atoms with van der Waals surface area (Å²) >= 11 is 4.82. The molecule has 0 aromatic heterocycles. The smallest absolute Gasteiger partial charge is 0.221 e. The molecule has 0 amide bonds. The highest BCUT2D eigenvalue weighted by molar-refractivity contribution is 6.74. The Kier molecular flexibility index (Phi) is 62.3. The van der Waals surface area contributed by atoms with E-state index in [1.165, 1.54) is 41.5 Å². The molecule has 20 nitrogen and oxygen atoms in total. The number of Topliss-reactive ketones (excluding diaryl/α,β-unsaturated/α-hetero) is 11. The van der Waals surface area contributed by atoms with E-state index < -0.39 is 68.3 Å². The first-order chi connectivity index (χ1) is 56.7. The van der Waals surface area contributed by atoms with Crippen molar-refractivity contribution in [3.05, 3.63) is 144 Å². The molecule has 10 atom stereocenters. The average Bonchev–Trinajstić information content (AvgIpc) is 0.796. The molecule has 4 aromatic rings. The van der Waals surface area contributed by atoms with Crippen LogP contribution in [0.2, 0.25) is 36.3 Å². The summed E-state index contributed by atoms with van der Waals surface area (Å²) in [6.07, 6.45) is 0.0249. The number of aliphatic hydroxyl groups is 1. The second kappa shape index (κ2) is 61.5. The second-order valence-corrected chi connectivity index (χ2v) is 48.2. The molecule has 710 valence electrons. The van der Waals surface area contributed by atoms with Crippen LogP contribution in [0.15, 0.2) is 121 Å². The molecule has 0 bridgehead atoms. The zero-order valence-corrected chi connectivity index (χ0v) is 85.6. The fourth-order valence-corrected chi connectivity index (χ4v) is 13.7. The van der Waals surface area contributed by atoms with E-state index in [0.29, 0.717) is 65.7 Å². The van der Waals surface area contributed by atoms with Gasteiger partial charge in [-0.25, -0.2) is 0 Å². The van der Waals surface area contributed by atoms with Crippen LogP contribution in [0.3, 0.4) is 0 Å². The van der Waals surface area contributed by atoms with Crippen molar-refractivity contribution in [3.8, 4) is 0 Å². The Morgan fingerprint density at radius 2 is 0.640 bits per heavy atom. The topological polar surface area (TPSA) is 298 Å². The van der Waals surface area contributed by atoms with Crippen molar-refractivity contribution in [1.29, 1.82) is 0 Å². The summed E-state index contributed by atoms with van der Waals surface area (Å²) < 4.78 is 36.5. The Morgan fingerprint density at radius 3 is 0.856 bits per heavy atom. The molecular weight excluding hydrogens is 1640 g/mol. The molecule has 1 N–H and O–H groups in total. The van der Waals surface area contributed by atoms with Crippen molar-refractivity contribution in [2.75, 3.05) is 26.4 Å². The molecule has 23 heteroatoms. The van der Waals surface area contributed by atoms with E-state index in [4.69, 9.17) is 39.4 Å². The van der Waals surface area contributed by atoms with Crippen molar-refractivity contribution in [3.63, 3.8) is 0 Å². The van der Waals surface area contributed by atoms with Gasteiger partial charge in [0.25, 0.3) is 0 Å². The minimum Gasteiger partial charge on any atom is -0.413 e. The van der Waals surface area contributed by atoms with E-state index in [1.807, 2.05) is 170 Å². The molecule has 0 radical (unpaired) electrons. The molecule has 0 spiro atoms. The van der Waals surface area contributed by atoms with Crippen LogP contribution in [0.25, 0.3) is 0 Å². The number of rotatable bonds is 43. The third-order valence-corrected chi connectivity index (χ3v) is 32.0. The predicted octanol–water partition coefficient (Wildman–Crippen LogP) is 22.3.